The van der Waals surface area contributed by atoms with Crippen molar-refractivity contribution in [2.24, 2.45) is 5.40 Å². The SMILES string of the molecule is C[Si](C)(C)N.[Li]. The molecule has 0 heterocycles. The predicted molar refractivity (Wildman–Crippen MR) is 33.3 cm³/mol. The summed E-state index contributed by atoms with van der Waals surface area (Å²) in [5.74, 6) is 0. The van der Waals surface area contributed by atoms with Crippen molar-refractivity contribution in [3.63, 3.8) is 0 Å². The predicted octanol–water partition coefficient (Wildman–Crippen LogP) is 0.399. The molecule has 6 heavy (non-hydrogen) atoms. The second kappa shape index (κ2) is 2.87. The summed E-state index contributed by atoms with van der Waals surface area (Å²) in [6.45, 7) is 6.31. The quantitative estimate of drug-likeness (QED) is 0.434. The van der Waals surface area contributed by atoms with Gasteiger partial charge in [-0.2, -0.15) is 0 Å². The van der Waals surface area contributed by atoms with E-state index < -0.39 is 8.24 Å². The molecule has 0 saturated carbocycles. The fourth-order valence-corrected chi connectivity index (χ4v) is 0. The topological polar surface area (TPSA) is 26.0 Å². The molecular formula is C3H11LiNSi. The van der Waals surface area contributed by atoms with Crippen molar-refractivity contribution < 1.29 is 0 Å². The van der Waals surface area contributed by atoms with Crippen LogP contribution in [0.2, 0.25) is 19.6 Å². The minimum absolute atomic E-state index is 0. The van der Waals surface area contributed by atoms with Crippen LogP contribution in [0.4, 0.5) is 0 Å². The van der Waals surface area contributed by atoms with Gasteiger partial charge in [0.05, 0.1) is 0 Å². The fraction of sp³-hybridized carbons (Fsp3) is 1.00. The van der Waals surface area contributed by atoms with Crippen molar-refractivity contribution in [2.45, 2.75) is 19.6 Å². The molecule has 0 fully saturated rings. The Kier molecular flexibility index (Phi) is 4.74. The Labute approximate surface area is 52.6 Å². The van der Waals surface area contributed by atoms with Gasteiger partial charge in [-0.05, 0) is 0 Å². The van der Waals surface area contributed by atoms with Gasteiger partial charge in [0.2, 0.25) is 0 Å². The second-order valence-corrected chi connectivity index (χ2v) is 7.10. The molecule has 0 aromatic rings. The van der Waals surface area contributed by atoms with Gasteiger partial charge in [0.25, 0.3) is 0 Å². The van der Waals surface area contributed by atoms with E-state index in [9.17, 15) is 0 Å². The third-order valence-corrected chi connectivity index (χ3v) is 0. The summed E-state index contributed by atoms with van der Waals surface area (Å²) in [7, 11) is -1.11. The Hall–Kier alpha value is 0.774. The van der Waals surface area contributed by atoms with Crippen molar-refractivity contribution >= 4 is 27.1 Å². The van der Waals surface area contributed by atoms with Crippen LogP contribution in [0.1, 0.15) is 0 Å². The molecule has 1 radical (unpaired) electrons. The van der Waals surface area contributed by atoms with Gasteiger partial charge >= 0.3 is 0 Å². The van der Waals surface area contributed by atoms with Crippen LogP contribution in [0.25, 0.3) is 0 Å². The average molecular weight is 96.2 g/mol. The van der Waals surface area contributed by atoms with Crippen LogP contribution in [0, 0.1) is 0 Å². The van der Waals surface area contributed by atoms with Gasteiger partial charge in [-0.15, -0.1) is 0 Å². The Morgan fingerprint density at radius 2 is 1.17 bits per heavy atom. The summed E-state index contributed by atoms with van der Waals surface area (Å²) in [6, 6.07) is 0. The smallest absolute Gasteiger partial charge is 0.113 e. The summed E-state index contributed by atoms with van der Waals surface area (Å²) < 4.78 is 0. The van der Waals surface area contributed by atoms with E-state index in [1.807, 2.05) is 0 Å². The fourth-order valence-electron chi connectivity index (χ4n) is 0. The maximum Gasteiger partial charge on any atom is 0.113 e. The van der Waals surface area contributed by atoms with Gasteiger partial charge in [-0.1, -0.05) is 19.6 Å². The van der Waals surface area contributed by atoms with Crippen LogP contribution in [-0.4, -0.2) is 27.1 Å². The molecule has 1 nitrogen and oxygen atoms in total. The molecule has 0 saturated heterocycles. The standard InChI is InChI=1S/C3H11NSi.Li/c1-5(2,3)4;/h4H2,1-3H3;. The van der Waals surface area contributed by atoms with Crippen molar-refractivity contribution in [2.75, 3.05) is 0 Å². The second-order valence-electron chi connectivity index (χ2n) is 2.37. The molecule has 0 aliphatic carbocycles. The van der Waals surface area contributed by atoms with E-state index >= 15 is 0 Å². The molecule has 2 N–H and O–H groups in total. The van der Waals surface area contributed by atoms with E-state index in [4.69, 9.17) is 5.40 Å². The normalized spacial score (nSPS) is 10.0. The van der Waals surface area contributed by atoms with E-state index in [-0.39, 0.29) is 18.9 Å². The van der Waals surface area contributed by atoms with E-state index in [2.05, 4.69) is 19.6 Å². The Morgan fingerprint density at radius 3 is 1.17 bits per heavy atom. The molecule has 0 unspecified atom stereocenters. The summed E-state index contributed by atoms with van der Waals surface area (Å²) >= 11 is 0. The monoisotopic (exact) mass is 96.1 g/mol. The molecule has 0 atom stereocenters. The van der Waals surface area contributed by atoms with Crippen LogP contribution in [0.5, 0.6) is 0 Å². The van der Waals surface area contributed by atoms with Crippen molar-refractivity contribution in [3.05, 3.63) is 0 Å². The molecule has 0 aliphatic heterocycles. The van der Waals surface area contributed by atoms with Crippen molar-refractivity contribution in [1.29, 1.82) is 0 Å². The largest absolute Gasteiger partial charge is 0.351 e. The van der Waals surface area contributed by atoms with Gasteiger partial charge in [-0.25, -0.2) is 0 Å². The van der Waals surface area contributed by atoms with Crippen LogP contribution < -0.4 is 5.40 Å². The molecule has 33 valence electrons. The van der Waals surface area contributed by atoms with Crippen LogP contribution >= 0.6 is 0 Å². The Morgan fingerprint density at radius 1 is 1.17 bits per heavy atom. The molecule has 0 aromatic carbocycles. The van der Waals surface area contributed by atoms with Crippen molar-refractivity contribution in [3.8, 4) is 0 Å². The molecular weight excluding hydrogens is 85.1 g/mol. The molecule has 3 heteroatoms. The van der Waals surface area contributed by atoms with Gasteiger partial charge < -0.3 is 5.40 Å². The maximum atomic E-state index is 5.49. The van der Waals surface area contributed by atoms with Crippen LogP contribution in [0.15, 0.2) is 0 Å². The molecule has 0 spiro atoms. The Bertz CT molecular complexity index is 26.3. The van der Waals surface area contributed by atoms with Gasteiger partial charge in [0, 0.05) is 18.9 Å². The summed E-state index contributed by atoms with van der Waals surface area (Å²) in [6.07, 6.45) is 0. The molecule has 0 rings (SSSR count). The van der Waals surface area contributed by atoms with Crippen LogP contribution in [-0.2, 0) is 0 Å². The number of hydrogen-bond acceptors (Lipinski definition) is 1. The summed E-state index contributed by atoms with van der Waals surface area (Å²) in [5.41, 5.74) is 0. The maximum absolute atomic E-state index is 5.49. The first-order valence-electron chi connectivity index (χ1n) is 1.79. The van der Waals surface area contributed by atoms with E-state index in [1.54, 1.807) is 0 Å². The zero-order chi connectivity index (χ0) is 4.50. The minimum atomic E-state index is -1.11. The first kappa shape index (κ1) is 9.91. The number of nitrogens with two attached hydrogens (primary N) is 1. The molecule has 0 aliphatic rings. The van der Waals surface area contributed by atoms with E-state index in [0.717, 1.165) is 0 Å². The summed E-state index contributed by atoms with van der Waals surface area (Å²) in [5, 5.41) is 5.49. The van der Waals surface area contributed by atoms with Crippen LogP contribution in [0.3, 0.4) is 0 Å². The average Bonchev–Trinajstić information content (AvgIpc) is 0.722. The number of hydrogen-bond donors (Lipinski definition) is 1. The summed E-state index contributed by atoms with van der Waals surface area (Å²) in [4.78, 5) is 0. The first-order chi connectivity index (χ1) is 2.00. The zero-order valence-electron chi connectivity index (χ0n) is 5.08. The third kappa shape index (κ3) is 113. The minimum Gasteiger partial charge on any atom is -0.351 e. The van der Waals surface area contributed by atoms with Gasteiger partial charge in [-0.3, -0.25) is 0 Å². The molecule has 0 amide bonds. The van der Waals surface area contributed by atoms with Gasteiger partial charge in [0.1, 0.15) is 8.24 Å². The molecule has 0 aromatic heterocycles. The van der Waals surface area contributed by atoms with E-state index in [1.165, 1.54) is 0 Å². The van der Waals surface area contributed by atoms with E-state index in [0.29, 0.717) is 0 Å². The van der Waals surface area contributed by atoms with Crippen molar-refractivity contribution in [1.82, 2.24) is 0 Å². The molecule has 0 bridgehead atoms. The van der Waals surface area contributed by atoms with Gasteiger partial charge in [0.15, 0.2) is 0 Å². The Balaban J connectivity index is 0. The zero-order valence-corrected chi connectivity index (χ0v) is 6.08. The first-order valence-corrected chi connectivity index (χ1v) is 5.37. The number of rotatable bonds is 0. The third-order valence-electron chi connectivity index (χ3n) is 0.